The lowest BCUT2D eigenvalue weighted by Gasteiger charge is -2.37. The largest absolute Gasteiger partial charge is 0.387 e. The molecular weight excluding hydrogens is 358 g/mol. The number of likely N-dealkylation sites (tertiary alicyclic amines) is 1. The first-order valence-corrected chi connectivity index (χ1v) is 11.1. The Morgan fingerprint density at radius 3 is 2.45 bits per heavy atom. The van der Waals surface area contributed by atoms with Crippen LogP contribution in [0.1, 0.15) is 66.2 Å². The Morgan fingerprint density at radius 2 is 1.86 bits per heavy atom. The molecule has 1 N–H and O–H groups in total. The fourth-order valence-corrected chi connectivity index (χ4v) is 3.61. The van der Waals surface area contributed by atoms with E-state index < -0.39 is 6.10 Å². The lowest BCUT2D eigenvalue weighted by atomic mass is 9.88. The van der Waals surface area contributed by atoms with Crippen molar-refractivity contribution < 1.29 is 9.90 Å². The highest BCUT2D eigenvalue weighted by molar-refractivity contribution is 5.90. The van der Waals surface area contributed by atoms with Gasteiger partial charge in [-0.15, -0.1) is 0 Å². The van der Waals surface area contributed by atoms with Gasteiger partial charge in [0, 0.05) is 12.5 Å². The minimum absolute atomic E-state index is 0.0742. The van der Waals surface area contributed by atoms with Crippen molar-refractivity contribution in [1.29, 1.82) is 0 Å². The van der Waals surface area contributed by atoms with Crippen LogP contribution in [0.2, 0.25) is 0 Å². The molecule has 3 heteroatoms. The first-order valence-electron chi connectivity index (χ1n) is 11.1. The second-order valence-electron chi connectivity index (χ2n) is 8.25. The van der Waals surface area contributed by atoms with Gasteiger partial charge >= 0.3 is 0 Å². The number of carbonyl (C=O) groups is 1. The maximum Gasteiger partial charge on any atom is 0.159 e. The van der Waals surface area contributed by atoms with Crippen LogP contribution < -0.4 is 0 Å². The van der Waals surface area contributed by atoms with Crippen LogP contribution in [0.3, 0.4) is 0 Å². The summed E-state index contributed by atoms with van der Waals surface area (Å²) in [5, 5.41) is 10.5. The minimum Gasteiger partial charge on any atom is -0.387 e. The number of aliphatic hydroxyl groups excluding tert-OH is 1. The summed E-state index contributed by atoms with van der Waals surface area (Å²) in [6.45, 7) is 14.2. The van der Waals surface area contributed by atoms with E-state index in [1.807, 2.05) is 13.0 Å². The van der Waals surface area contributed by atoms with Crippen LogP contribution in [0, 0.1) is 5.92 Å². The highest BCUT2D eigenvalue weighted by atomic mass is 16.3. The quantitative estimate of drug-likeness (QED) is 0.257. The van der Waals surface area contributed by atoms with E-state index in [4.69, 9.17) is 0 Å². The summed E-state index contributed by atoms with van der Waals surface area (Å²) in [5.74, 6) is 0.788. The average Bonchev–Trinajstić information content (AvgIpc) is 2.71. The Morgan fingerprint density at radius 1 is 1.17 bits per heavy atom. The second kappa shape index (κ2) is 14.3. The molecule has 29 heavy (non-hydrogen) atoms. The van der Waals surface area contributed by atoms with E-state index >= 15 is 0 Å². The van der Waals surface area contributed by atoms with Gasteiger partial charge < -0.3 is 5.11 Å². The number of rotatable bonds is 12. The molecule has 1 heterocycles. The maximum absolute atomic E-state index is 11.7. The summed E-state index contributed by atoms with van der Waals surface area (Å²) < 4.78 is 0. The van der Waals surface area contributed by atoms with Gasteiger partial charge in [0.1, 0.15) is 0 Å². The molecule has 162 valence electrons. The third-order valence-corrected chi connectivity index (χ3v) is 5.60. The molecule has 1 saturated heterocycles. The summed E-state index contributed by atoms with van der Waals surface area (Å²) >= 11 is 0. The fraction of sp³-hybridized carbons (Fsp3) is 0.577. The van der Waals surface area contributed by atoms with Crippen molar-refractivity contribution in [2.45, 2.75) is 78.4 Å². The molecule has 0 saturated carbocycles. The zero-order chi connectivity index (χ0) is 21.6. The van der Waals surface area contributed by atoms with Gasteiger partial charge in [-0.3, -0.25) is 9.69 Å². The SMILES string of the molecule is C=C(C)CC=CC(=CC)CC1CCN(C(C)C(O)/C=C/CC(=O)/C=C\CC)CC1. The highest BCUT2D eigenvalue weighted by Gasteiger charge is 2.25. The van der Waals surface area contributed by atoms with Gasteiger partial charge in [-0.2, -0.15) is 0 Å². The van der Waals surface area contributed by atoms with Crippen molar-refractivity contribution >= 4 is 5.78 Å². The number of hydrogen-bond donors (Lipinski definition) is 1. The van der Waals surface area contributed by atoms with Crippen LogP contribution in [0.25, 0.3) is 0 Å². The zero-order valence-corrected chi connectivity index (χ0v) is 18.9. The second-order valence-corrected chi connectivity index (χ2v) is 8.25. The molecule has 1 rings (SSSR count). The van der Waals surface area contributed by atoms with Crippen LogP contribution in [-0.4, -0.2) is 41.0 Å². The van der Waals surface area contributed by atoms with Crippen molar-refractivity contribution in [2.75, 3.05) is 13.1 Å². The van der Waals surface area contributed by atoms with E-state index in [9.17, 15) is 9.90 Å². The number of ketones is 1. The van der Waals surface area contributed by atoms with E-state index in [0.717, 1.165) is 45.2 Å². The molecule has 3 nitrogen and oxygen atoms in total. The summed E-state index contributed by atoms with van der Waals surface area (Å²) in [5.41, 5.74) is 2.59. The summed E-state index contributed by atoms with van der Waals surface area (Å²) in [6.07, 6.45) is 18.8. The third-order valence-electron chi connectivity index (χ3n) is 5.60. The van der Waals surface area contributed by atoms with Gasteiger partial charge in [-0.1, -0.05) is 61.1 Å². The predicted molar refractivity (Wildman–Crippen MR) is 125 cm³/mol. The van der Waals surface area contributed by atoms with Crippen molar-refractivity contribution in [2.24, 2.45) is 5.92 Å². The lowest BCUT2D eigenvalue weighted by molar-refractivity contribution is -0.113. The molecule has 0 bridgehead atoms. The van der Waals surface area contributed by atoms with Gasteiger partial charge in [-0.05, 0) is 78.0 Å². The molecule has 0 aromatic carbocycles. The summed E-state index contributed by atoms with van der Waals surface area (Å²) in [6, 6.07) is 0.0742. The minimum atomic E-state index is -0.536. The Hall–Kier alpha value is -1.71. The molecule has 1 aliphatic rings. The van der Waals surface area contributed by atoms with Gasteiger partial charge in [0.2, 0.25) is 0 Å². The fourth-order valence-electron chi connectivity index (χ4n) is 3.61. The summed E-state index contributed by atoms with van der Waals surface area (Å²) in [7, 11) is 0. The normalized spacial score (nSPS) is 19.4. The van der Waals surface area contributed by atoms with Crippen LogP contribution >= 0.6 is 0 Å². The zero-order valence-electron chi connectivity index (χ0n) is 18.9. The van der Waals surface area contributed by atoms with Crippen molar-refractivity contribution in [3.05, 3.63) is 60.3 Å². The summed E-state index contributed by atoms with van der Waals surface area (Å²) in [4.78, 5) is 14.0. The van der Waals surface area contributed by atoms with Crippen molar-refractivity contribution in [3.8, 4) is 0 Å². The highest BCUT2D eigenvalue weighted by Crippen LogP contribution is 2.26. The molecular formula is C26H41NO2. The van der Waals surface area contributed by atoms with Crippen LogP contribution in [0.4, 0.5) is 0 Å². The number of carbonyl (C=O) groups excluding carboxylic acids is 1. The molecule has 1 fully saturated rings. The number of hydrogen-bond acceptors (Lipinski definition) is 3. The van der Waals surface area contributed by atoms with E-state index in [1.165, 1.54) is 11.1 Å². The maximum atomic E-state index is 11.7. The predicted octanol–water partition coefficient (Wildman–Crippen LogP) is 5.79. The Labute approximate surface area is 178 Å². The number of nitrogens with zero attached hydrogens (tertiary/aromatic N) is 1. The smallest absolute Gasteiger partial charge is 0.159 e. The van der Waals surface area contributed by atoms with Gasteiger partial charge in [0.25, 0.3) is 0 Å². The van der Waals surface area contributed by atoms with Crippen molar-refractivity contribution in [3.63, 3.8) is 0 Å². The molecule has 2 atom stereocenters. The third kappa shape index (κ3) is 10.6. The van der Waals surface area contributed by atoms with Gasteiger partial charge in [0.05, 0.1) is 6.10 Å². The standard InChI is InChI=1S/C26H41NO2/c1-6-8-13-25(28)14-10-15-26(29)22(5)27-18-16-24(17-19-27)20-23(7-2)12-9-11-21(3)4/h7-10,12-13,15,22,24,26,29H,3,6,11,14,16-20H2,1-2,4-5H3/b12-9?,13-8-,15-10+,23-7?. The van der Waals surface area contributed by atoms with Crippen LogP contribution in [-0.2, 0) is 4.79 Å². The number of allylic oxidation sites excluding steroid dienone is 8. The molecule has 1 aliphatic heterocycles. The van der Waals surface area contributed by atoms with E-state index in [1.54, 1.807) is 18.2 Å². The first kappa shape index (κ1) is 25.3. The molecule has 0 spiro atoms. The molecule has 2 unspecified atom stereocenters. The van der Waals surface area contributed by atoms with E-state index in [-0.39, 0.29) is 11.8 Å². The monoisotopic (exact) mass is 399 g/mol. The Balaban J connectivity index is 2.42. The molecule has 0 amide bonds. The van der Waals surface area contributed by atoms with E-state index in [0.29, 0.717) is 12.3 Å². The Bertz CT molecular complexity index is 619. The average molecular weight is 400 g/mol. The Kier molecular flexibility index (Phi) is 12.5. The number of aliphatic hydroxyl groups is 1. The van der Waals surface area contributed by atoms with Crippen LogP contribution in [0.5, 0.6) is 0 Å². The van der Waals surface area contributed by atoms with Crippen LogP contribution in [0.15, 0.2) is 60.3 Å². The topological polar surface area (TPSA) is 40.5 Å². The molecule has 0 aromatic rings. The number of piperidine rings is 1. The van der Waals surface area contributed by atoms with Crippen molar-refractivity contribution in [1.82, 2.24) is 4.90 Å². The van der Waals surface area contributed by atoms with Gasteiger partial charge in [-0.25, -0.2) is 0 Å². The van der Waals surface area contributed by atoms with Gasteiger partial charge in [0.15, 0.2) is 5.78 Å². The lowest BCUT2D eigenvalue weighted by Crippen LogP contribution is -2.45. The molecule has 0 radical (unpaired) electrons. The first-order chi connectivity index (χ1) is 13.9. The molecule has 0 aliphatic carbocycles. The van der Waals surface area contributed by atoms with E-state index in [2.05, 4.69) is 50.5 Å². The molecule has 0 aromatic heterocycles.